The zero-order chi connectivity index (χ0) is 35.0. The quantitative estimate of drug-likeness (QED) is 0.196. The lowest BCUT2D eigenvalue weighted by atomic mass is 9.95. The third-order valence-corrected chi connectivity index (χ3v) is 9.53. The van der Waals surface area contributed by atoms with Gasteiger partial charge in [0.15, 0.2) is 11.7 Å². The average Bonchev–Trinajstić information content (AvgIpc) is 3.34. The van der Waals surface area contributed by atoms with Crippen molar-refractivity contribution in [1.29, 1.82) is 0 Å². The fourth-order valence-corrected chi connectivity index (χ4v) is 6.26. The van der Waals surface area contributed by atoms with E-state index in [1.165, 1.54) is 30.3 Å². The summed E-state index contributed by atoms with van der Waals surface area (Å²) in [6.07, 6.45) is -2.81. The number of piperidine rings is 1. The Morgan fingerprint density at radius 3 is 2.31 bits per heavy atom. The number of anilines is 1. The molecule has 3 heterocycles. The summed E-state index contributed by atoms with van der Waals surface area (Å²) in [7, 11) is 1.78. The monoisotopic (exact) mass is 702 g/mol. The van der Waals surface area contributed by atoms with Gasteiger partial charge in [-0.2, -0.15) is 13.2 Å². The number of alkyl halides is 3. The number of benzene rings is 2. The number of nitrogens with one attached hydrogen (secondary N) is 2. The maximum atomic E-state index is 14.2. The smallest absolute Gasteiger partial charge is 0.356 e. The molecule has 0 saturated carbocycles. The van der Waals surface area contributed by atoms with Crippen molar-refractivity contribution < 1.29 is 22.8 Å². The van der Waals surface area contributed by atoms with Gasteiger partial charge in [-0.05, 0) is 47.6 Å². The van der Waals surface area contributed by atoms with Crippen LogP contribution in [-0.2, 0) is 24.8 Å². The number of amides is 2. The minimum absolute atomic E-state index is 0.0135. The van der Waals surface area contributed by atoms with Crippen molar-refractivity contribution in [2.75, 3.05) is 18.0 Å². The van der Waals surface area contributed by atoms with Crippen LogP contribution >= 0.6 is 23.2 Å². The highest BCUT2D eigenvalue weighted by Crippen LogP contribution is 2.35. The molecule has 1 atom stereocenters. The summed E-state index contributed by atoms with van der Waals surface area (Å²) in [5, 5.41) is 5.93. The molecule has 5 rings (SSSR count). The maximum absolute atomic E-state index is 14.2. The molecule has 48 heavy (non-hydrogen) atoms. The molecule has 1 saturated heterocycles. The number of aromatic nitrogens is 3. The lowest BCUT2D eigenvalue weighted by Crippen LogP contribution is -2.40. The molecule has 2 amide bonds. The van der Waals surface area contributed by atoms with Crippen molar-refractivity contribution in [2.24, 2.45) is 18.4 Å². The molecule has 0 radical (unpaired) electrons. The molecule has 1 aliphatic heterocycles. The topological polar surface area (TPSA) is 92.2 Å². The van der Waals surface area contributed by atoms with Crippen LogP contribution in [0.5, 0.6) is 0 Å². The molecule has 1 aliphatic rings. The Kier molecular flexibility index (Phi) is 10.3. The van der Waals surface area contributed by atoms with Crippen molar-refractivity contribution >= 4 is 52.0 Å². The Bertz CT molecular complexity index is 1810. The predicted octanol–water partition coefficient (Wildman–Crippen LogP) is 7.80. The van der Waals surface area contributed by atoms with Crippen molar-refractivity contribution in [1.82, 2.24) is 25.2 Å². The largest absolute Gasteiger partial charge is 0.412 e. The standard InChI is InChI=1S/C35H39Cl2F3N6O2/c1-20-13-15-46(16-14-20)30-24(32(47)43-29(35(38,39)40)21-9-7-6-8-10-21)17-26-31(44-30)45(5)27(42-26)18-23-25(36)12-11-22(28(23)37)19-41-33(48)34(2,3)4/h6-12,17,20,29H,13-16,18-19H2,1-5H3,(H,41,48)(H,43,47)/t29-/m1/s1. The van der Waals surface area contributed by atoms with Gasteiger partial charge in [-0.3, -0.25) is 9.59 Å². The lowest BCUT2D eigenvalue weighted by molar-refractivity contribution is -0.155. The molecule has 13 heteroatoms. The Hall–Kier alpha value is -3.83. The Balaban J connectivity index is 1.52. The van der Waals surface area contributed by atoms with Crippen molar-refractivity contribution in [3.63, 3.8) is 0 Å². The number of carbonyl (C=O) groups excluding carboxylic acids is 2. The van der Waals surface area contributed by atoms with Gasteiger partial charge in [0, 0.05) is 43.5 Å². The number of hydrogen-bond donors (Lipinski definition) is 2. The summed E-state index contributed by atoms with van der Waals surface area (Å²) in [5.41, 5.74) is 1.46. The van der Waals surface area contributed by atoms with Crippen molar-refractivity contribution in [3.05, 3.63) is 86.7 Å². The van der Waals surface area contributed by atoms with Gasteiger partial charge in [0.05, 0.1) is 10.6 Å². The summed E-state index contributed by atoms with van der Waals surface area (Å²) in [6, 6.07) is 10.1. The van der Waals surface area contributed by atoms with Crippen LogP contribution in [0, 0.1) is 11.3 Å². The number of fused-ring (bicyclic) bond motifs is 1. The van der Waals surface area contributed by atoms with Gasteiger partial charge in [-0.1, -0.05) is 87.3 Å². The molecule has 2 aromatic heterocycles. The maximum Gasteiger partial charge on any atom is 0.412 e. The van der Waals surface area contributed by atoms with Crippen LogP contribution in [-0.4, -0.2) is 45.6 Å². The van der Waals surface area contributed by atoms with E-state index in [1.807, 2.05) is 25.7 Å². The van der Waals surface area contributed by atoms with Gasteiger partial charge in [-0.15, -0.1) is 0 Å². The van der Waals surface area contributed by atoms with E-state index in [1.54, 1.807) is 29.8 Å². The van der Waals surface area contributed by atoms with Gasteiger partial charge >= 0.3 is 6.18 Å². The number of hydrogen-bond acceptors (Lipinski definition) is 5. The first kappa shape index (κ1) is 35.5. The number of pyridine rings is 1. The van der Waals surface area contributed by atoms with E-state index in [-0.39, 0.29) is 30.0 Å². The van der Waals surface area contributed by atoms with Gasteiger partial charge in [0.2, 0.25) is 5.91 Å². The highest BCUT2D eigenvalue weighted by Gasteiger charge is 2.42. The second-order valence-corrected chi connectivity index (χ2v) is 14.2. The predicted molar refractivity (Wildman–Crippen MR) is 182 cm³/mol. The van der Waals surface area contributed by atoms with Crippen LogP contribution in [0.15, 0.2) is 48.5 Å². The Morgan fingerprint density at radius 1 is 1.02 bits per heavy atom. The first-order valence-electron chi connectivity index (χ1n) is 15.8. The van der Waals surface area contributed by atoms with Crippen molar-refractivity contribution in [3.8, 4) is 0 Å². The van der Waals surface area contributed by atoms with E-state index in [4.69, 9.17) is 33.2 Å². The number of nitrogens with zero attached hydrogens (tertiary/aromatic N) is 4. The van der Waals surface area contributed by atoms with E-state index in [0.717, 1.165) is 12.8 Å². The van der Waals surface area contributed by atoms with Crippen LogP contribution in [0.3, 0.4) is 0 Å². The molecule has 8 nitrogen and oxygen atoms in total. The first-order valence-corrected chi connectivity index (χ1v) is 16.6. The van der Waals surface area contributed by atoms with Crippen LogP contribution in [0.25, 0.3) is 11.2 Å². The third kappa shape index (κ3) is 7.73. The zero-order valence-electron chi connectivity index (χ0n) is 27.5. The molecule has 0 aliphatic carbocycles. The van der Waals surface area contributed by atoms with Crippen LogP contribution in [0.1, 0.15) is 79.5 Å². The molecule has 256 valence electrons. The van der Waals surface area contributed by atoms with E-state index >= 15 is 0 Å². The molecule has 0 bridgehead atoms. The number of imidazole rings is 1. The first-order chi connectivity index (χ1) is 22.5. The van der Waals surface area contributed by atoms with Gasteiger partial charge in [0.1, 0.15) is 17.2 Å². The molecule has 4 aromatic rings. The molecular weight excluding hydrogens is 664 g/mol. The van der Waals surface area contributed by atoms with E-state index in [9.17, 15) is 22.8 Å². The number of rotatable bonds is 8. The van der Waals surface area contributed by atoms with Gasteiger partial charge in [-0.25, -0.2) is 9.97 Å². The zero-order valence-corrected chi connectivity index (χ0v) is 29.0. The van der Waals surface area contributed by atoms with Crippen LogP contribution in [0.2, 0.25) is 10.0 Å². The number of aryl methyl sites for hydroxylation is 1. The van der Waals surface area contributed by atoms with Crippen LogP contribution < -0.4 is 15.5 Å². The summed E-state index contributed by atoms with van der Waals surface area (Å²) in [4.78, 5) is 37.8. The molecule has 2 aromatic carbocycles. The van der Waals surface area contributed by atoms with Gasteiger partial charge in [0.25, 0.3) is 5.91 Å². The van der Waals surface area contributed by atoms with Crippen LogP contribution in [0.4, 0.5) is 19.0 Å². The number of carbonyl (C=O) groups is 2. The molecular formula is C35H39Cl2F3N6O2. The molecule has 2 N–H and O–H groups in total. The lowest BCUT2D eigenvalue weighted by Gasteiger charge is -2.32. The Labute approximate surface area is 288 Å². The highest BCUT2D eigenvalue weighted by molar-refractivity contribution is 6.36. The highest BCUT2D eigenvalue weighted by atomic mass is 35.5. The van der Waals surface area contributed by atoms with Gasteiger partial charge < -0.3 is 20.1 Å². The van der Waals surface area contributed by atoms with Crippen molar-refractivity contribution in [2.45, 2.75) is 65.7 Å². The molecule has 1 fully saturated rings. The Morgan fingerprint density at radius 2 is 1.69 bits per heavy atom. The number of halogens is 5. The second-order valence-electron chi connectivity index (χ2n) is 13.4. The molecule has 0 unspecified atom stereocenters. The minimum Gasteiger partial charge on any atom is -0.356 e. The second kappa shape index (κ2) is 14.0. The summed E-state index contributed by atoms with van der Waals surface area (Å²) < 4.78 is 44.5. The average molecular weight is 704 g/mol. The van der Waals surface area contributed by atoms with E-state index in [0.29, 0.717) is 63.0 Å². The third-order valence-electron chi connectivity index (χ3n) is 8.70. The minimum atomic E-state index is -4.73. The normalized spacial score (nSPS) is 15.1. The summed E-state index contributed by atoms with van der Waals surface area (Å²) in [6.45, 7) is 9.03. The SMILES string of the molecule is CC1CCN(c2nc3c(cc2C(=O)N[C@H](c2ccccc2)C(F)(F)F)nc(Cc2c(Cl)ccc(CNC(=O)C(C)(C)C)c2Cl)n3C)CC1. The summed E-state index contributed by atoms with van der Waals surface area (Å²) in [5.74, 6) is 0.298. The summed E-state index contributed by atoms with van der Waals surface area (Å²) >= 11 is 13.4. The molecule has 0 spiro atoms. The fourth-order valence-electron chi connectivity index (χ4n) is 5.69. The fraction of sp³-hybridized carbons (Fsp3) is 0.429. The van der Waals surface area contributed by atoms with E-state index < -0.39 is 23.5 Å². The van der Waals surface area contributed by atoms with E-state index in [2.05, 4.69) is 17.6 Å².